The number of fused-ring (bicyclic) bond motifs is 1. The van der Waals surface area contributed by atoms with E-state index in [9.17, 15) is 8.78 Å². The Morgan fingerprint density at radius 2 is 1.80 bits per heavy atom. The molecule has 0 bridgehead atoms. The van der Waals surface area contributed by atoms with Crippen LogP contribution in [0.15, 0.2) is 24.3 Å². The number of halogens is 2. The fourth-order valence-electron chi connectivity index (χ4n) is 4.19. The Balaban J connectivity index is 1.59. The number of rotatable bonds is 6. The number of hydrogen-bond acceptors (Lipinski definition) is 2. The molecule has 1 saturated carbocycles. The van der Waals surface area contributed by atoms with Crippen LogP contribution < -0.4 is 5.32 Å². The quantitative estimate of drug-likeness (QED) is 0.830. The minimum atomic E-state index is -0.704. The van der Waals surface area contributed by atoms with E-state index >= 15 is 0 Å². The van der Waals surface area contributed by atoms with Crippen molar-refractivity contribution in [3.63, 3.8) is 0 Å². The first kappa shape index (κ1) is 18.8. The van der Waals surface area contributed by atoms with Gasteiger partial charge in [0.2, 0.25) is 0 Å². The Kier molecular flexibility index (Phi) is 5.50. The molecule has 1 N–H and O–H groups in total. The lowest BCUT2D eigenvalue weighted by molar-refractivity contribution is 0.00949. The van der Waals surface area contributed by atoms with Gasteiger partial charge in [-0.25, -0.2) is 0 Å². The average molecular weight is 350 g/mol. The molecule has 140 valence electrons. The fourth-order valence-corrected chi connectivity index (χ4v) is 4.19. The standard InChI is InChI=1S/C21H32F2N2/c1-20(2,3)19(24-18-10-21(11-18,14-22)15-23)13-25-9-8-16-6-4-5-7-17(16)12-25/h4-7,18-19,24H,8-15H2,1-3H3. The molecule has 1 aliphatic carbocycles. The molecule has 3 rings (SSSR count). The van der Waals surface area contributed by atoms with Gasteiger partial charge in [0, 0.05) is 37.1 Å². The van der Waals surface area contributed by atoms with Gasteiger partial charge >= 0.3 is 0 Å². The smallest absolute Gasteiger partial charge is 0.0976 e. The summed E-state index contributed by atoms with van der Waals surface area (Å²) in [5.74, 6) is 0. The van der Waals surface area contributed by atoms with Crippen LogP contribution in [0.2, 0.25) is 0 Å². The molecule has 0 saturated heterocycles. The minimum absolute atomic E-state index is 0.112. The van der Waals surface area contributed by atoms with E-state index in [-0.39, 0.29) is 11.5 Å². The van der Waals surface area contributed by atoms with E-state index < -0.39 is 18.8 Å². The molecule has 1 aliphatic heterocycles. The first-order valence-electron chi connectivity index (χ1n) is 9.52. The van der Waals surface area contributed by atoms with Gasteiger partial charge in [0.15, 0.2) is 0 Å². The zero-order valence-electron chi connectivity index (χ0n) is 15.8. The van der Waals surface area contributed by atoms with Crippen LogP contribution in [0.1, 0.15) is 44.7 Å². The monoisotopic (exact) mass is 350 g/mol. The van der Waals surface area contributed by atoms with E-state index in [4.69, 9.17) is 0 Å². The van der Waals surface area contributed by atoms with Crippen LogP contribution >= 0.6 is 0 Å². The largest absolute Gasteiger partial charge is 0.309 e. The van der Waals surface area contributed by atoms with Crippen LogP contribution in [0.25, 0.3) is 0 Å². The summed E-state index contributed by atoms with van der Waals surface area (Å²) >= 11 is 0. The van der Waals surface area contributed by atoms with Crippen LogP contribution in [0.4, 0.5) is 8.78 Å². The van der Waals surface area contributed by atoms with Crippen molar-refractivity contribution in [2.45, 2.75) is 58.7 Å². The highest BCUT2D eigenvalue weighted by Gasteiger charge is 2.46. The summed E-state index contributed by atoms with van der Waals surface area (Å²) in [5, 5.41) is 3.71. The molecule has 0 aromatic heterocycles. The second kappa shape index (κ2) is 7.32. The Hall–Kier alpha value is -1.00. The van der Waals surface area contributed by atoms with Gasteiger partial charge in [-0.15, -0.1) is 0 Å². The molecular weight excluding hydrogens is 318 g/mol. The molecule has 1 unspecified atom stereocenters. The molecule has 0 amide bonds. The molecule has 4 heteroatoms. The summed E-state index contributed by atoms with van der Waals surface area (Å²) in [6, 6.07) is 9.25. The lowest BCUT2D eigenvalue weighted by Gasteiger charge is -2.48. The van der Waals surface area contributed by atoms with Gasteiger partial charge < -0.3 is 5.32 Å². The maximum atomic E-state index is 13.1. The molecule has 1 aromatic rings. The molecule has 1 fully saturated rings. The third kappa shape index (κ3) is 4.22. The van der Waals surface area contributed by atoms with Crippen molar-refractivity contribution in [3.8, 4) is 0 Å². The molecule has 2 aliphatic rings. The number of benzene rings is 1. The normalized spacial score (nSPS) is 22.3. The summed E-state index contributed by atoms with van der Waals surface area (Å²) in [6.45, 7) is 8.72. The molecule has 0 spiro atoms. The Bertz CT molecular complexity index is 570. The first-order valence-corrected chi connectivity index (χ1v) is 9.52. The van der Waals surface area contributed by atoms with Crippen molar-refractivity contribution in [3.05, 3.63) is 35.4 Å². The van der Waals surface area contributed by atoms with Crippen molar-refractivity contribution in [2.24, 2.45) is 10.8 Å². The van der Waals surface area contributed by atoms with Gasteiger partial charge in [0.05, 0.1) is 13.3 Å². The highest BCUT2D eigenvalue weighted by atomic mass is 19.1. The van der Waals surface area contributed by atoms with E-state index in [0.717, 1.165) is 26.1 Å². The van der Waals surface area contributed by atoms with Gasteiger partial charge in [-0.2, -0.15) is 0 Å². The Morgan fingerprint density at radius 3 is 2.40 bits per heavy atom. The van der Waals surface area contributed by atoms with Gasteiger partial charge in [0.25, 0.3) is 0 Å². The molecular formula is C21H32F2N2. The summed E-state index contributed by atoms with van der Waals surface area (Å²) in [5.41, 5.74) is 2.30. The zero-order chi connectivity index (χ0) is 18.1. The molecule has 1 heterocycles. The van der Waals surface area contributed by atoms with Crippen molar-refractivity contribution in [1.29, 1.82) is 0 Å². The average Bonchev–Trinajstić information content (AvgIpc) is 2.55. The van der Waals surface area contributed by atoms with Crippen molar-refractivity contribution in [1.82, 2.24) is 10.2 Å². The van der Waals surface area contributed by atoms with E-state index in [2.05, 4.69) is 55.3 Å². The van der Waals surface area contributed by atoms with Crippen LogP contribution in [0.3, 0.4) is 0 Å². The number of nitrogens with zero attached hydrogens (tertiary/aromatic N) is 1. The lowest BCUT2D eigenvalue weighted by atomic mass is 9.66. The molecule has 0 radical (unpaired) electrons. The first-order chi connectivity index (χ1) is 11.8. The van der Waals surface area contributed by atoms with Gasteiger partial charge in [-0.3, -0.25) is 13.7 Å². The van der Waals surface area contributed by atoms with E-state index in [1.54, 1.807) is 0 Å². The highest BCUT2D eigenvalue weighted by Crippen LogP contribution is 2.42. The third-order valence-corrected chi connectivity index (χ3v) is 6.06. The number of alkyl halides is 2. The number of hydrogen-bond donors (Lipinski definition) is 1. The maximum Gasteiger partial charge on any atom is 0.0976 e. The highest BCUT2D eigenvalue weighted by molar-refractivity contribution is 5.29. The fraction of sp³-hybridized carbons (Fsp3) is 0.714. The van der Waals surface area contributed by atoms with Crippen molar-refractivity contribution >= 4 is 0 Å². The van der Waals surface area contributed by atoms with Gasteiger partial charge in [0.1, 0.15) is 0 Å². The van der Waals surface area contributed by atoms with Gasteiger partial charge in [-0.05, 0) is 35.8 Å². The Morgan fingerprint density at radius 1 is 1.16 bits per heavy atom. The summed E-state index contributed by atoms with van der Waals surface area (Å²) < 4.78 is 26.2. The molecule has 2 nitrogen and oxygen atoms in total. The minimum Gasteiger partial charge on any atom is -0.309 e. The molecule has 25 heavy (non-hydrogen) atoms. The lowest BCUT2D eigenvalue weighted by Crippen LogP contribution is -2.59. The van der Waals surface area contributed by atoms with Crippen molar-refractivity contribution < 1.29 is 8.78 Å². The SMILES string of the molecule is CC(C)(C)C(CN1CCc2ccccc2C1)NC1CC(CF)(CF)C1. The Labute approximate surface area is 151 Å². The van der Waals surface area contributed by atoms with E-state index in [1.165, 1.54) is 11.1 Å². The maximum absolute atomic E-state index is 13.1. The summed E-state index contributed by atoms with van der Waals surface area (Å²) in [4.78, 5) is 2.52. The van der Waals surface area contributed by atoms with Gasteiger partial charge in [-0.1, -0.05) is 45.0 Å². The van der Waals surface area contributed by atoms with E-state index in [1.807, 2.05) is 0 Å². The number of nitrogens with one attached hydrogen (secondary N) is 1. The van der Waals surface area contributed by atoms with E-state index in [0.29, 0.717) is 18.9 Å². The topological polar surface area (TPSA) is 15.3 Å². The zero-order valence-corrected chi connectivity index (χ0v) is 15.8. The summed E-state index contributed by atoms with van der Waals surface area (Å²) in [7, 11) is 0. The van der Waals surface area contributed by atoms with Crippen LogP contribution in [-0.2, 0) is 13.0 Å². The van der Waals surface area contributed by atoms with Crippen molar-refractivity contribution in [2.75, 3.05) is 26.4 Å². The molecule has 1 atom stereocenters. The predicted octanol–water partition coefficient (Wildman–Crippen LogP) is 4.14. The molecule has 1 aromatic carbocycles. The third-order valence-electron chi connectivity index (χ3n) is 6.06. The summed E-state index contributed by atoms with van der Waals surface area (Å²) in [6.07, 6.45) is 2.34. The van der Waals surface area contributed by atoms with Crippen LogP contribution in [-0.4, -0.2) is 43.4 Å². The van der Waals surface area contributed by atoms with Crippen LogP contribution in [0.5, 0.6) is 0 Å². The predicted molar refractivity (Wildman–Crippen MR) is 99.2 cm³/mol. The second-order valence-corrected chi connectivity index (χ2v) is 9.21. The second-order valence-electron chi connectivity index (χ2n) is 9.21. The van der Waals surface area contributed by atoms with Crippen LogP contribution in [0, 0.1) is 10.8 Å².